The van der Waals surface area contributed by atoms with Gasteiger partial charge in [0.05, 0.1) is 0 Å². The molecular formula is C14H24N4O. The molecule has 106 valence electrons. The molecule has 0 atom stereocenters. The molecule has 0 unspecified atom stereocenters. The quantitative estimate of drug-likeness (QED) is 0.900. The number of nitrogens with zero attached hydrogens (tertiary/aromatic N) is 3. The summed E-state index contributed by atoms with van der Waals surface area (Å²) in [5.74, 6) is 1.18. The van der Waals surface area contributed by atoms with Crippen molar-refractivity contribution in [3.63, 3.8) is 0 Å². The Balaban J connectivity index is 1.70. The zero-order valence-electron chi connectivity index (χ0n) is 12.1. The topological polar surface area (TPSA) is 59.8 Å². The van der Waals surface area contributed by atoms with Crippen LogP contribution in [0, 0.1) is 11.3 Å². The average Bonchev–Trinajstić information content (AvgIpc) is 2.75. The van der Waals surface area contributed by atoms with Gasteiger partial charge in [-0.25, -0.2) is 4.98 Å². The van der Waals surface area contributed by atoms with Gasteiger partial charge in [-0.1, -0.05) is 13.8 Å². The average molecular weight is 264 g/mol. The highest BCUT2D eigenvalue weighted by atomic mass is 16.1. The van der Waals surface area contributed by atoms with Gasteiger partial charge in [-0.3, -0.25) is 9.48 Å². The SMILES string of the molecule is Cn1cnc(CCNC(=O)C2CCC(C)(C)CC2)n1. The molecule has 1 aromatic heterocycles. The number of rotatable bonds is 4. The predicted octanol–water partition coefficient (Wildman–Crippen LogP) is 1.69. The molecular weight excluding hydrogens is 240 g/mol. The Kier molecular flexibility index (Phi) is 4.22. The van der Waals surface area contributed by atoms with E-state index in [4.69, 9.17) is 0 Å². The molecule has 1 saturated carbocycles. The molecule has 1 N–H and O–H groups in total. The molecule has 0 spiro atoms. The van der Waals surface area contributed by atoms with Gasteiger partial charge in [-0.15, -0.1) is 0 Å². The molecule has 1 aromatic rings. The number of hydrogen-bond acceptors (Lipinski definition) is 3. The van der Waals surface area contributed by atoms with Gasteiger partial charge in [-0.2, -0.15) is 5.10 Å². The van der Waals surface area contributed by atoms with Crippen LogP contribution in [0.3, 0.4) is 0 Å². The number of aryl methyl sites for hydroxylation is 1. The summed E-state index contributed by atoms with van der Waals surface area (Å²) in [6, 6.07) is 0. The van der Waals surface area contributed by atoms with E-state index >= 15 is 0 Å². The van der Waals surface area contributed by atoms with Gasteiger partial charge in [0.2, 0.25) is 5.91 Å². The summed E-state index contributed by atoms with van der Waals surface area (Å²) in [6.07, 6.45) is 6.70. The minimum atomic E-state index is 0.199. The smallest absolute Gasteiger partial charge is 0.223 e. The Labute approximate surface area is 114 Å². The Hall–Kier alpha value is -1.39. The summed E-state index contributed by atoms with van der Waals surface area (Å²) < 4.78 is 1.68. The maximum atomic E-state index is 12.0. The monoisotopic (exact) mass is 264 g/mol. The van der Waals surface area contributed by atoms with Crippen molar-refractivity contribution in [2.75, 3.05) is 6.54 Å². The lowest BCUT2D eigenvalue weighted by Crippen LogP contribution is -2.35. The van der Waals surface area contributed by atoms with Crippen LogP contribution in [0.4, 0.5) is 0 Å². The standard InChI is InChI=1S/C14H24N4O/c1-14(2)7-4-11(5-8-14)13(19)15-9-6-12-16-10-18(3)17-12/h10-11H,4-9H2,1-3H3,(H,15,19). The van der Waals surface area contributed by atoms with Crippen LogP contribution in [0.15, 0.2) is 6.33 Å². The first-order chi connectivity index (χ1) is 8.96. The van der Waals surface area contributed by atoms with E-state index in [0.29, 0.717) is 18.4 Å². The molecule has 0 bridgehead atoms. The third-order valence-corrected chi connectivity index (χ3v) is 4.00. The summed E-state index contributed by atoms with van der Waals surface area (Å²) in [4.78, 5) is 16.2. The summed E-state index contributed by atoms with van der Waals surface area (Å²) in [7, 11) is 1.85. The molecule has 5 nitrogen and oxygen atoms in total. The zero-order valence-corrected chi connectivity index (χ0v) is 12.1. The third-order valence-electron chi connectivity index (χ3n) is 4.00. The Morgan fingerprint density at radius 1 is 1.47 bits per heavy atom. The van der Waals surface area contributed by atoms with Crippen LogP contribution in [-0.2, 0) is 18.3 Å². The van der Waals surface area contributed by atoms with E-state index in [9.17, 15) is 4.79 Å². The molecule has 1 heterocycles. The minimum absolute atomic E-state index is 0.199. The van der Waals surface area contributed by atoms with Crippen molar-refractivity contribution >= 4 is 5.91 Å². The van der Waals surface area contributed by atoms with Crippen molar-refractivity contribution in [2.24, 2.45) is 18.4 Å². The summed E-state index contributed by atoms with van der Waals surface area (Å²) in [5.41, 5.74) is 0.411. The van der Waals surface area contributed by atoms with Crippen molar-refractivity contribution in [2.45, 2.75) is 46.0 Å². The van der Waals surface area contributed by atoms with Crippen LogP contribution in [0.2, 0.25) is 0 Å². The molecule has 1 amide bonds. The fourth-order valence-corrected chi connectivity index (χ4v) is 2.60. The van der Waals surface area contributed by atoms with Gasteiger partial charge in [0.15, 0.2) is 5.82 Å². The Morgan fingerprint density at radius 2 is 2.16 bits per heavy atom. The first-order valence-corrected chi connectivity index (χ1v) is 7.08. The second kappa shape index (κ2) is 5.72. The fraction of sp³-hybridized carbons (Fsp3) is 0.786. The van der Waals surface area contributed by atoms with E-state index in [1.54, 1.807) is 11.0 Å². The van der Waals surface area contributed by atoms with E-state index in [2.05, 4.69) is 29.2 Å². The zero-order chi connectivity index (χ0) is 13.9. The molecule has 1 fully saturated rings. The van der Waals surface area contributed by atoms with Crippen LogP contribution in [-0.4, -0.2) is 27.2 Å². The number of nitrogens with one attached hydrogen (secondary N) is 1. The largest absolute Gasteiger partial charge is 0.355 e. The lowest BCUT2D eigenvalue weighted by atomic mass is 9.73. The summed E-state index contributed by atoms with van der Waals surface area (Å²) in [6.45, 7) is 5.20. The van der Waals surface area contributed by atoms with Crippen molar-refractivity contribution in [3.05, 3.63) is 12.2 Å². The van der Waals surface area contributed by atoms with Crippen LogP contribution in [0.1, 0.15) is 45.4 Å². The van der Waals surface area contributed by atoms with Gasteiger partial charge in [0.25, 0.3) is 0 Å². The summed E-state index contributed by atoms with van der Waals surface area (Å²) in [5, 5.41) is 7.20. The normalized spacial score (nSPS) is 19.3. The Bertz CT molecular complexity index is 428. The molecule has 1 aliphatic carbocycles. The fourth-order valence-electron chi connectivity index (χ4n) is 2.60. The highest BCUT2D eigenvalue weighted by molar-refractivity contribution is 5.78. The van der Waals surface area contributed by atoms with Crippen LogP contribution in [0.5, 0.6) is 0 Å². The maximum Gasteiger partial charge on any atom is 0.223 e. The number of hydrogen-bond donors (Lipinski definition) is 1. The van der Waals surface area contributed by atoms with Crippen LogP contribution >= 0.6 is 0 Å². The van der Waals surface area contributed by atoms with Gasteiger partial charge < -0.3 is 5.32 Å². The van der Waals surface area contributed by atoms with Gasteiger partial charge in [0, 0.05) is 25.9 Å². The van der Waals surface area contributed by atoms with E-state index in [1.807, 2.05) is 7.05 Å². The lowest BCUT2D eigenvalue weighted by Gasteiger charge is -2.33. The maximum absolute atomic E-state index is 12.0. The van der Waals surface area contributed by atoms with Crippen molar-refractivity contribution in [1.82, 2.24) is 20.1 Å². The number of amides is 1. The highest BCUT2D eigenvalue weighted by Gasteiger charge is 2.30. The highest BCUT2D eigenvalue weighted by Crippen LogP contribution is 2.37. The van der Waals surface area contributed by atoms with Crippen molar-refractivity contribution in [1.29, 1.82) is 0 Å². The van der Waals surface area contributed by atoms with E-state index in [0.717, 1.165) is 31.5 Å². The third kappa shape index (κ3) is 4.04. The second-order valence-corrected chi connectivity index (χ2v) is 6.31. The van der Waals surface area contributed by atoms with Crippen molar-refractivity contribution in [3.8, 4) is 0 Å². The molecule has 0 aliphatic heterocycles. The number of carbonyl (C=O) groups excluding carboxylic acids is 1. The number of aromatic nitrogens is 3. The number of carbonyl (C=O) groups is 1. The van der Waals surface area contributed by atoms with Crippen LogP contribution in [0.25, 0.3) is 0 Å². The van der Waals surface area contributed by atoms with Gasteiger partial charge in [0.1, 0.15) is 6.33 Å². The molecule has 0 radical (unpaired) electrons. The summed E-state index contributed by atoms with van der Waals surface area (Å²) >= 11 is 0. The Morgan fingerprint density at radius 3 is 2.74 bits per heavy atom. The van der Waals surface area contributed by atoms with E-state index in [-0.39, 0.29) is 11.8 Å². The molecule has 0 saturated heterocycles. The first-order valence-electron chi connectivity index (χ1n) is 7.08. The lowest BCUT2D eigenvalue weighted by molar-refractivity contribution is -0.126. The van der Waals surface area contributed by atoms with Gasteiger partial charge in [-0.05, 0) is 31.1 Å². The van der Waals surface area contributed by atoms with Crippen molar-refractivity contribution < 1.29 is 4.79 Å². The molecule has 0 aromatic carbocycles. The van der Waals surface area contributed by atoms with Crippen LogP contribution < -0.4 is 5.32 Å². The molecule has 19 heavy (non-hydrogen) atoms. The van der Waals surface area contributed by atoms with E-state index in [1.165, 1.54) is 0 Å². The molecule has 5 heteroatoms. The molecule has 1 aliphatic rings. The van der Waals surface area contributed by atoms with Gasteiger partial charge >= 0.3 is 0 Å². The minimum Gasteiger partial charge on any atom is -0.355 e. The predicted molar refractivity (Wildman–Crippen MR) is 73.5 cm³/mol. The first kappa shape index (κ1) is 14.0. The molecule has 2 rings (SSSR count). The second-order valence-electron chi connectivity index (χ2n) is 6.31. The van der Waals surface area contributed by atoms with E-state index < -0.39 is 0 Å².